The summed E-state index contributed by atoms with van der Waals surface area (Å²) in [5.74, 6) is 0.522. The molecule has 0 saturated heterocycles. The van der Waals surface area contributed by atoms with Gasteiger partial charge in [-0.15, -0.1) is 11.8 Å². The van der Waals surface area contributed by atoms with Crippen LogP contribution in [0.3, 0.4) is 0 Å². The summed E-state index contributed by atoms with van der Waals surface area (Å²) in [6.45, 7) is 3.83. The fraction of sp³-hybridized carbons (Fsp3) is 0.308. The van der Waals surface area contributed by atoms with Gasteiger partial charge in [0.25, 0.3) is 0 Å². The Hall–Kier alpha value is -1.22. The van der Waals surface area contributed by atoms with Gasteiger partial charge in [0.2, 0.25) is 0 Å². The van der Waals surface area contributed by atoms with Gasteiger partial charge in [-0.3, -0.25) is 0 Å². The van der Waals surface area contributed by atoms with Gasteiger partial charge in [0, 0.05) is 16.2 Å². The highest BCUT2D eigenvalue weighted by molar-refractivity contribution is 7.99. The highest BCUT2D eigenvalue weighted by atomic mass is 32.2. The van der Waals surface area contributed by atoms with Crippen molar-refractivity contribution in [2.24, 2.45) is 0 Å². The third-order valence-corrected chi connectivity index (χ3v) is 3.11. The van der Waals surface area contributed by atoms with Crippen LogP contribution in [0.1, 0.15) is 12.5 Å². The molecular formula is C13H16O2S. The molecule has 3 heteroatoms. The van der Waals surface area contributed by atoms with Gasteiger partial charge in [-0.1, -0.05) is 23.8 Å². The van der Waals surface area contributed by atoms with E-state index in [4.69, 9.17) is 0 Å². The zero-order valence-electron chi connectivity index (χ0n) is 9.82. The van der Waals surface area contributed by atoms with E-state index in [0.717, 1.165) is 5.75 Å². The van der Waals surface area contributed by atoms with E-state index in [-0.39, 0.29) is 5.97 Å². The average molecular weight is 236 g/mol. The first-order chi connectivity index (χ1) is 7.63. The monoisotopic (exact) mass is 236 g/mol. The summed E-state index contributed by atoms with van der Waals surface area (Å²) in [6, 6.07) is 8.33. The van der Waals surface area contributed by atoms with Gasteiger partial charge >= 0.3 is 5.97 Å². The van der Waals surface area contributed by atoms with Crippen LogP contribution in [0.2, 0.25) is 0 Å². The van der Waals surface area contributed by atoms with E-state index in [1.54, 1.807) is 18.7 Å². The molecule has 0 spiro atoms. The van der Waals surface area contributed by atoms with Gasteiger partial charge in [-0.25, -0.2) is 4.79 Å². The molecule has 16 heavy (non-hydrogen) atoms. The van der Waals surface area contributed by atoms with Crippen molar-refractivity contribution < 1.29 is 9.53 Å². The summed E-state index contributed by atoms with van der Waals surface area (Å²) in [4.78, 5) is 12.3. The maximum Gasteiger partial charge on any atom is 0.333 e. The standard InChI is InChI=1S/C13H16O2S/c1-10-4-6-12(7-5-10)16-9-8-11(2)13(14)15-3/h4-8H,9H2,1-3H3. The zero-order chi connectivity index (χ0) is 12.0. The van der Waals surface area contributed by atoms with Gasteiger partial charge in [-0.2, -0.15) is 0 Å². The number of hydrogen-bond donors (Lipinski definition) is 0. The molecule has 0 unspecified atom stereocenters. The van der Waals surface area contributed by atoms with E-state index in [1.165, 1.54) is 17.6 Å². The van der Waals surface area contributed by atoms with Crippen LogP contribution < -0.4 is 0 Å². The van der Waals surface area contributed by atoms with Crippen LogP contribution >= 0.6 is 11.8 Å². The first-order valence-electron chi connectivity index (χ1n) is 5.08. The number of carbonyl (C=O) groups excluding carboxylic acids is 1. The van der Waals surface area contributed by atoms with Crippen molar-refractivity contribution in [3.8, 4) is 0 Å². The van der Waals surface area contributed by atoms with Crippen LogP contribution in [0.25, 0.3) is 0 Å². The number of thioether (sulfide) groups is 1. The van der Waals surface area contributed by atoms with Crippen molar-refractivity contribution in [2.45, 2.75) is 18.7 Å². The average Bonchev–Trinajstić information content (AvgIpc) is 2.30. The van der Waals surface area contributed by atoms with Crippen molar-refractivity contribution in [2.75, 3.05) is 12.9 Å². The molecule has 0 radical (unpaired) electrons. The Balaban J connectivity index is 2.46. The third kappa shape index (κ3) is 4.11. The maximum absolute atomic E-state index is 11.1. The van der Waals surface area contributed by atoms with Crippen LogP contribution in [0.15, 0.2) is 40.8 Å². The number of methoxy groups -OCH3 is 1. The van der Waals surface area contributed by atoms with E-state index in [1.807, 2.05) is 6.08 Å². The molecule has 1 aromatic carbocycles. The number of carbonyl (C=O) groups is 1. The number of rotatable bonds is 4. The number of esters is 1. The second-order valence-corrected chi connectivity index (χ2v) is 4.60. The number of ether oxygens (including phenoxy) is 1. The van der Waals surface area contributed by atoms with Gasteiger partial charge in [0.1, 0.15) is 0 Å². The Morgan fingerprint density at radius 1 is 1.38 bits per heavy atom. The smallest absolute Gasteiger partial charge is 0.333 e. The molecule has 0 fully saturated rings. The third-order valence-electron chi connectivity index (χ3n) is 2.17. The van der Waals surface area contributed by atoms with E-state index in [2.05, 4.69) is 35.9 Å². The fourth-order valence-electron chi connectivity index (χ4n) is 1.14. The fourth-order valence-corrected chi connectivity index (χ4v) is 2.00. The van der Waals surface area contributed by atoms with Crippen LogP contribution in [-0.4, -0.2) is 18.8 Å². The molecule has 0 N–H and O–H groups in total. The molecule has 0 atom stereocenters. The summed E-state index contributed by atoms with van der Waals surface area (Å²) >= 11 is 1.70. The normalized spacial score (nSPS) is 11.3. The second kappa shape index (κ2) is 6.38. The molecule has 0 amide bonds. The summed E-state index contributed by atoms with van der Waals surface area (Å²) in [6.07, 6.45) is 1.89. The minimum atomic E-state index is -0.260. The van der Waals surface area contributed by atoms with E-state index < -0.39 is 0 Å². The zero-order valence-corrected chi connectivity index (χ0v) is 10.6. The van der Waals surface area contributed by atoms with Crippen LogP contribution in [0.4, 0.5) is 0 Å². The molecule has 0 aliphatic rings. The predicted molar refractivity (Wildman–Crippen MR) is 67.7 cm³/mol. The van der Waals surface area contributed by atoms with Gasteiger partial charge in [-0.05, 0) is 26.0 Å². The minimum Gasteiger partial charge on any atom is -0.466 e. The molecule has 2 nitrogen and oxygen atoms in total. The Labute approximate surface area is 101 Å². The lowest BCUT2D eigenvalue weighted by molar-refractivity contribution is -0.136. The van der Waals surface area contributed by atoms with Crippen molar-refractivity contribution in [1.29, 1.82) is 0 Å². The van der Waals surface area contributed by atoms with E-state index in [0.29, 0.717) is 5.57 Å². The number of benzene rings is 1. The molecule has 1 aromatic rings. The first kappa shape index (κ1) is 12.8. The Morgan fingerprint density at radius 3 is 2.56 bits per heavy atom. The molecule has 0 heterocycles. The van der Waals surface area contributed by atoms with Crippen molar-refractivity contribution in [3.05, 3.63) is 41.5 Å². The van der Waals surface area contributed by atoms with Gasteiger partial charge in [0.15, 0.2) is 0 Å². The molecular weight excluding hydrogens is 220 g/mol. The van der Waals surface area contributed by atoms with E-state index >= 15 is 0 Å². The molecule has 0 saturated carbocycles. The van der Waals surface area contributed by atoms with Crippen molar-refractivity contribution in [3.63, 3.8) is 0 Å². The Kier molecular flexibility index (Phi) is 5.12. The summed E-state index contributed by atoms with van der Waals surface area (Å²) in [5, 5.41) is 0. The molecule has 0 aromatic heterocycles. The molecule has 1 rings (SSSR count). The number of hydrogen-bond acceptors (Lipinski definition) is 3. The van der Waals surface area contributed by atoms with Crippen LogP contribution in [-0.2, 0) is 9.53 Å². The molecule has 0 bridgehead atoms. The van der Waals surface area contributed by atoms with Crippen molar-refractivity contribution >= 4 is 17.7 Å². The first-order valence-corrected chi connectivity index (χ1v) is 6.06. The number of aryl methyl sites for hydroxylation is 1. The van der Waals surface area contributed by atoms with Crippen molar-refractivity contribution in [1.82, 2.24) is 0 Å². The summed E-state index contributed by atoms with van der Waals surface area (Å²) in [7, 11) is 1.40. The topological polar surface area (TPSA) is 26.3 Å². The van der Waals surface area contributed by atoms with Crippen LogP contribution in [0.5, 0.6) is 0 Å². The highest BCUT2D eigenvalue weighted by Gasteiger charge is 2.01. The van der Waals surface area contributed by atoms with E-state index in [9.17, 15) is 4.79 Å². The van der Waals surface area contributed by atoms with Gasteiger partial charge < -0.3 is 4.74 Å². The minimum absolute atomic E-state index is 0.260. The maximum atomic E-state index is 11.1. The lowest BCUT2D eigenvalue weighted by Gasteiger charge is -2.00. The largest absolute Gasteiger partial charge is 0.466 e. The predicted octanol–water partition coefficient (Wildman–Crippen LogP) is 3.21. The lowest BCUT2D eigenvalue weighted by Crippen LogP contribution is -2.01. The summed E-state index contributed by atoms with van der Waals surface area (Å²) in [5.41, 5.74) is 1.91. The van der Waals surface area contributed by atoms with Crippen LogP contribution in [0, 0.1) is 6.92 Å². The second-order valence-electron chi connectivity index (χ2n) is 3.50. The summed E-state index contributed by atoms with van der Waals surface area (Å²) < 4.78 is 4.61. The molecule has 86 valence electrons. The molecule has 0 aliphatic carbocycles. The quantitative estimate of drug-likeness (QED) is 0.456. The Bertz CT molecular complexity index is 379. The van der Waals surface area contributed by atoms with Gasteiger partial charge in [0.05, 0.1) is 7.11 Å². The Morgan fingerprint density at radius 2 is 2.00 bits per heavy atom. The highest BCUT2D eigenvalue weighted by Crippen LogP contribution is 2.18. The lowest BCUT2D eigenvalue weighted by atomic mass is 10.2. The molecule has 0 aliphatic heterocycles. The SMILES string of the molecule is COC(=O)C(C)=CCSc1ccc(C)cc1.